The summed E-state index contributed by atoms with van der Waals surface area (Å²) in [7, 11) is -2.15. The lowest BCUT2D eigenvalue weighted by atomic mass is 10.3. The molecule has 1 atom stereocenters. The largest absolute Gasteiger partial charge is 0.447 e. The van der Waals surface area contributed by atoms with E-state index in [1.165, 1.54) is 13.1 Å². The van der Waals surface area contributed by atoms with Gasteiger partial charge >= 0.3 is 0 Å². The Morgan fingerprint density at radius 3 is 2.78 bits per heavy atom. The highest BCUT2D eigenvalue weighted by Gasteiger charge is 2.16. The summed E-state index contributed by atoms with van der Waals surface area (Å²) in [4.78, 5) is 0. The van der Waals surface area contributed by atoms with Gasteiger partial charge < -0.3 is 14.5 Å². The highest BCUT2D eigenvalue weighted by Crippen LogP contribution is 2.13. The van der Waals surface area contributed by atoms with E-state index in [0.717, 1.165) is 0 Å². The summed E-state index contributed by atoms with van der Waals surface area (Å²) in [5.74, 6) is 0.576. The van der Waals surface area contributed by atoms with Crippen LogP contribution < -0.4 is 10.0 Å². The smallest absolute Gasteiger partial charge is 0.273 e. The molecule has 0 aromatic carbocycles. The van der Waals surface area contributed by atoms with Crippen molar-refractivity contribution in [1.29, 1.82) is 0 Å². The van der Waals surface area contributed by atoms with Crippen LogP contribution in [0.1, 0.15) is 19.6 Å². The number of sulfonamides is 1. The number of hydrogen-bond acceptors (Lipinski definition) is 5. The molecular weight excluding hydrogens is 256 g/mol. The van der Waals surface area contributed by atoms with Crippen molar-refractivity contribution < 1.29 is 17.6 Å². The summed E-state index contributed by atoms with van der Waals surface area (Å²) in [6.07, 6.45) is 0. The zero-order valence-electron chi connectivity index (χ0n) is 10.9. The van der Waals surface area contributed by atoms with Crippen molar-refractivity contribution in [3.05, 3.63) is 17.9 Å². The Kier molecular flexibility index (Phi) is 5.80. The van der Waals surface area contributed by atoms with Crippen LogP contribution in [0.3, 0.4) is 0 Å². The van der Waals surface area contributed by atoms with E-state index in [1.54, 1.807) is 6.07 Å². The van der Waals surface area contributed by atoms with Gasteiger partial charge in [0, 0.05) is 12.6 Å². The molecule has 7 heteroatoms. The van der Waals surface area contributed by atoms with Gasteiger partial charge in [-0.2, -0.15) is 0 Å². The Labute approximate surface area is 108 Å². The Balaban J connectivity index is 2.50. The van der Waals surface area contributed by atoms with Gasteiger partial charge in [-0.15, -0.1) is 0 Å². The van der Waals surface area contributed by atoms with E-state index in [4.69, 9.17) is 9.15 Å². The lowest BCUT2D eigenvalue weighted by molar-refractivity contribution is 0.126. The number of ether oxygens (including phenoxy) is 1. The average molecular weight is 276 g/mol. The van der Waals surface area contributed by atoms with Crippen LogP contribution in [0.25, 0.3) is 0 Å². The monoisotopic (exact) mass is 276 g/mol. The minimum Gasteiger partial charge on any atom is -0.447 e. The fourth-order valence-electron chi connectivity index (χ4n) is 1.33. The quantitative estimate of drug-likeness (QED) is 0.730. The van der Waals surface area contributed by atoms with Gasteiger partial charge in [-0.3, -0.25) is 0 Å². The van der Waals surface area contributed by atoms with E-state index < -0.39 is 10.0 Å². The van der Waals surface area contributed by atoms with Gasteiger partial charge in [-0.25, -0.2) is 13.1 Å². The Morgan fingerprint density at radius 2 is 2.17 bits per heavy atom. The van der Waals surface area contributed by atoms with Gasteiger partial charge in [0.2, 0.25) is 5.09 Å². The van der Waals surface area contributed by atoms with Gasteiger partial charge in [0.05, 0.1) is 13.2 Å². The second kappa shape index (κ2) is 6.89. The van der Waals surface area contributed by atoms with Gasteiger partial charge in [0.1, 0.15) is 5.76 Å². The molecule has 104 valence electrons. The maximum atomic E-state index is 11.4. The van der Waals surface area contributed by atoms with Crippen molar-refractivity contribution in [2.45, 2.75) is 31.5 Å². The van der Waals surface area contributed by atoms with Crippen LogP contribution in [0.5, 0.6) is 0 Å². The average Bonchev–Trinajstić information content (AvgIpc) is 2.83. The number of furan rings is 1. The van der Waals surface area contributed by atoms with E-state index in [0.29, 0.717) is 25.5 Å². The molecule has 1 heterocycles. The molecule has 0 aliphatic rings. The van der Waals surface area contributed by atoms with Crippen LogP contribution in [0.4, 0.5) is 0 Å². The third kappa shape index (κ3) is 4.41. The lowest BCUT2D eigenvalue weighted by Gasteiger charge is -2.12. The van der Waals surface area contributed by atoms with Gasteiger partial charge in [0.15, 0.2) is 0 Å². The zero-order chi connectivity index (χ0) is 13.6. The first-order valence-corrected chi connectivity index (χ1v) is 7.31. The zero-order valence-corrected chi connectivity index (χ0v) is 11.7. The van der Waals surface area contributed by atoms with E-state index in [9.17, 15) is 8.42 Å². The predicted octanol–water partition coefficient (Wildman–Crippen LogP) is 0.702. The van der Waals surface area contributed by atoms with Crippen molar-refractivity contribution in [1.82, 2.24) is 10.0 Å². The standard InChI is InChI=1S/C11H20N2O4S/c1-4-16-8-9(2)13-7-10-5-6-11(17-10)18(14,15)12-3/h5-6,9,12-13H,4,7-8H2,1-3H3. The van der Waals surface area contributed by atoms with E-state index in [1.807, 2.05) is 13.8 Å². The Morgan fingerprint density at radius 1 is 1.44 bits per heavy atom. The summed E-state index contributed by atoms with van der Waals surface area (Å²) >= 11 is 0. The molecule has 2 N–H and O–H groups in total. The van der Waals surface area contributed by atoms with Crippen LogP contribution in [0.2, 0.25) is 0 Å². The molecular formula is C11H20N2O4S. The topological polar surface area (TPSA) is 80.6 Å². The first kappa shape index (κ1) is 15.2. The normalized spacial score (nSPS) is 13.7. The molecule has 1 unspecified atom stereocenters. The fraction of sp³-hybridized carbons (Fsp3) is 0.636. The number of hydrogen-bond donors (Lipinski definition) is 2. The molecule has 18 heavy (non-hydrogen) atoms. The summed E-state index contributed by atoms with van der Waals surface area (Å²) in [5.41, 5.74) is 0. The van der Waals surface area contributed by atoms with Crippen LogP contribution >= 0.6 is 0 Å². The fourth-order valence-corrected chi connectivity index (χ4v) is 1.99. The second-order valence-electron chi connectivity index (χ2n) is 3.87. The molecule has 1 rings (SSSR count). The van der Waals surface area contributed by atoms with Crippen LogP contribution in [-0.2, 0) is 21.3 Å². The molecule has 0 saturated carbocycles. The minimum atomic E-state index is -3.50. The van der Waals surface area contributed by atoms with E-state index in [-0.39, 0.29) is 11.1 Å². The highest BCUT2D eigenvalue weighted by molar-refractivity contribution is 7.89. The molecule has 0 spiro atoms. The third-order valence-corrected chi connectivity index (χ3v) is 3.65. The maximum Gasteiger partial charge on any atom is 0.273 e. The van der Waals surface area contributed by atoms with E-state index in [2.05, 4.69) is 10.0 Å². The molecule has 1 aromatic rings. The summed E-state index contributed by atoms with van der Waals surface area (Å²) in [6, 6.07) is 3.26. The highest BCUT2D eigenvalue weighted by atomic mass is 32.2. The third-order valence-electron chi connectivity index (χ3n) is 2.37. The van der Waals surface area contributed by atoms with Crippen molar-refractivity contribution >= 4 is 10.0 Å². The number of rotatable bonds is 8. The van der Waals surface area contributed by atoms with Crippen LogP contribution in [0.15, 0.2) is 21.6 Å². The van der Waals surface area contributed by atoms with Gasteiger partial charge in [-0.1, -0.05) is 0 Å². The van der Waals surface area contributed by atoms with Gasteiger partial charge in [-0.05, 0) is 33.0 Å². The first-order valence-electron chi connectivity index (χ1n) is 5.83. The molecule has 0 fully saturated rings. The molecule has 0 aliphatic carbocycles. The van der Waals surface area contributed by atoms with E-state index >= 15 is 0 Å². The lowest BCUT2D eigenvalue weighted by Crippen LogP contribution is -2.29. The summed E-state index contributed by atoms with van der Waals surface area (Å²) < 4.78 is 35.6. The summed E-state index contributed by atoms with van der Waals surface area (Å²) in [5, 5.41) is 3.11. The van der Waals surface area contributed by atoms with Crippen LogP contribution in [0, 0.1) is 0 Å². The van der Waals surface area contributed by atoms with Crippen molar-refractivity contribution in [2.75, 3.05) is 20.3 Å². The van der Waals surface area contributed by atoms with Crippen LogP contribution in [-0.4, -0.2) is 34.7 Å². The minimum absolute atomic E-state index is 0.0701. The molecule has 0 radical (unpaired) electrons. The van der Waals surface area contributed by atoms with Crippen molar-refractivity contribution in [3.8, 4) is 0 Å². The first-order chi connectivity index (χ1) is 8.49. The molecule has 0 saturated heterocycles. The summed E-state index contributed by atoms with van der Waals surface area (Å²) in [6.45, 7) is 5.68. The molecule has 0 bridgehead atoms. The van der Waals surface area contributed by atoms with Crippen molar-refractivity contribution in [3.63, 3.8) is 0 Å². The molecule has 6 nitrogen and oxygen atoms in total. The molecule has 1 aromatic heterocycles. The predicted molar refractivity (Wildman–Crippen MR) is 67.7 cm³/mol. The Hall–Kier alpha value is -0.890. The molecule has 0 amide bonds. The SMILES string of the molecule is CCOCC(C)NCc1ccc(S(=O)(=O)NC)o1. The second-order valence-corrected chi connectivity index (χ2v) is 5.69. The number of nitrogens with one attached hydrogen (secondary N) is 2. The maximum absolute atomic E-state index is 11.4. The van der Waals surface area contributed by atoms with Crippen molar-refractivity contribution in [2.24, 2.45) is 0 Å². The molecule has 0 aliphatic heterocycles. The van der Waals surface area contributed by atoms with Gasteiger partial charge in [0.25, 0.3) is 10.0 Å². The Bertz CT molecular complexity index is 455.